The fourth-order valence-corrected chi connectivity index (χ4v) is 3.18. The summed E-state index contributed by atoms with van der Waals surface area (Å²) < 4.78 is 29.1. The van der Waals surface area contributed by atoms with Crippen LogP contribution in [0.5, 0.6) is 0 Å². The minimum atomic E-state index is -3.57. The number of sulfonamides is 1. The Kier molecular flexibility index (Phi) is 4.92. The lowest BCUT2D eigenvalue weighted by Gasteiger charge is -2.15. The Hall–Kier alpha value is -1.93. The minimum absolute atomic E-state index is 0.200. The van der Waals surface area contributed by atoms with Crippen molar-refractivity contribution in [3.05, 3.63) is 37.1 Å². The molecule has 2 aromatic heterocycles. The molecule has 7 nitrogen and oxygen atoms in total. The van der Waals surface area contributed by atoms with Gasteiger partial charge in [-0.1, -0.05) is 0 Å². The summed E-state index contributed by atoms with van der Waals surface area (Å²) in [7, 11) is -3.57. The van der Waals surface area contributed by atoms with E-state index in [0.717, 1.165) is 0 Å². The van der Waals surface area contributed by atoms with Gasteiger partial charge >= 0.3 is 0 Å². The summed E-state index contributed by atoms with van der Waals surface area (Å²) >= 11 is 0. The van der Waals surface area contributed by atoms with Crippen molar-refractivity contribution >= 4 is 15.8 Å². The second-order valence-electron chi connectivity index (χ2n) is 4.69. The first-order valence-electron chi connectivity index (χ1n) is 6.69. The topological polar surface area (TPSA) is 88.9 Å². The van der Waals surface area contributed by atoms with E-state index in [9.17, 15) is 8.42 Å². The van der Waals surface area contributed by atoms with Gasteiger partial charge in [0.15, 0.2) is 0 Å². The highest BCUT2D eigenvalue weighted by Crippen LogP contribution is 2.13. The Morgan fingerprint density at radius 2 is 2.19 bits per heavy atom. The van der Waals surface area contributed by atoms with E-state index in [4.69, 9.17) is 0 Å². The number of nitrogens with one attached hydrogen (secondary N) is 2. The van der Waals surface area contributed by atoms with Gasteiger partial charge in [-0.05, 0) is 19.9 Å². The molecule has 1 unspecified atom stereocenters. The van der Waals surface area contributed by atoms with Crippen molar-refractivity contribution < 1.29 is 8.42 Å². The third kappa shape index (κ3) is 4.27. The molecule has 0 aliphatic heterocycles. The zero-order valence-electron chi connectivity index (χ0n) is 12.0. The third-order valence-corrected chi connectivity index (χ3v) is 4.39. The van der Waals surface area contributed by atoms with Crippen LogP contribution in [0.3, 0.4) is 0 Å². The van der Waals surface area contributed by atoms with E-state index in [1.807, 2.05) is 18.4 Å². The van der Waals surface area contributed by atoms with Crippen LogP contribution < -0.4 is 10.0 Å². The minimum Gasteiger partial charge on any atom is -0.370 e. The van der Waals surface area contributed by atoms with Crippen LogP contribution in [0.15, 0.2) is 41.9 Å². The molecule has 0 aliphatic carbocycles. The number of nitrogens with zero attached hydrogens (tertiary/aromatic N) is 3. The van der Waals surface area contributed by atoms with Crippen molar-refractivity contribution in [2.24, 2.45) is 0 Å². The van der Waals surface area contributed by atoms with Crippen LogP contribution in [0.25, 0.3) is 0 Å². The van der Waals surface area contributed by atoms with E-state index in [2.05, 4.69) is 20.0 Å². The fraction of sp³-hybridized carbons (Fsp3) is 0.385. The molecule has 8 heteroatoms. The first-order chi connectivity index (χ1) is 10.0. The van der Waals surface area contributed by atoms with E-state index in [0.29, 0.717) is 18.9 Å². The number of pyridine rings is 1. The standard InChI is InChI=1S/C13H19N5O2S/c1-3-15-13-8-12(4-5-16-13)21(19,20)17-11(2)9-18-7-6-14-10-18/h4-8,10-11,17H,3,9H2,1-2H3,(H,15,16). The molecule has 0 bridgehead atoms. The molecule has 21 heavy (non-hydrogen) atoms. The molecule has 2 aromatic rings. The average molecular weight is 309 g/mol. The molecule has 0 aliphatic rings. The summed E-state index contributed by atoms with van der Waals surface area (Å²) in [4.78, 5) is 8.20. The van der Waals surface area contributed by atoms with E-state index < -0.39 is 10.0 Å². The van der Waals surface area contributed by atoms with Gasteiger partial charge in [0, 0.05) is 43.8 Å². The van der Waals surface area contributed by atoms with Crippen LogP contribution in [-0.4, -0.2) is 35.5 Å². The normalized spacial score (nSPS) is 13.0. The maximum absolute atomic E-state index is 12.3. The molecule has 2 rings (SSSR count). The van der Waals surface area contributed by atoms with E-state index in [-0.39, 0.29) is 10.9 Å². The SMILES string of the molecule is CCNc1cc(S(=O)(=O)NC(C)Cn2ccnc2)ccn1. The molecule has 0 radical (unpaired) electrons. The predicted molar refractivity (Wildman–Crippen MR) is 80.4 cm³/mol. The molecule has 1 atom stereocenters. The maximum atomic E-state index is 12.3. The van der Waals surface area contributed by atoms with Crippen molar-refractivity contribution in [3.63, 3.8) is 0 Å². The summed E-state index contributed by atoms with van der Waals surface area (Å²) in [5.74, 6) is 0.544. The summed E-state index contributed by atoms with van der Waals surface area (Å²) in [5, 5.41) is 2.99. The summed E-state index contributed by atoms with van der Waals surface area (Å²) in [5.41, 5.74) is 0. The lowest BCUT2D eigenvalue weighted by atomic mass is 10.4. The maximum Gasteiger partial charge on any atom is 0.241 e. The highest BCUT2D eigenvalue weighted by Gasteiger charge is 2.18. The Labute approximate surface area is 124 Å². The van der Waals surface area contributed by atoms with Crippen LogP contribution in [0.1, 0.15) is 13.8 Å². The fourth-order valence-electron chi connectivity index (χ4n) is 1.94. The van der Waals surface area contributed by atoms with Gasteiger partial charge in [-0.15, -0.1) is 0 Å². The molecular weight excluding hydrogens is 290 g/mol. The van der Waals surface area contributed by atoms with Gasteiger partial charge in [0.25, 0.3) is 0 Å². The number of hydrogen-bond donors (Lipinski definition) is 2. The van der Waals surface area contributed by atoms with Crippen molar-refractivity contribution in [2.45, 2.75) is 31.3 Å². The van der Waals surface area contributed by atoms with Crippen LogP contribution in [-0.2, 0) is 16.6 Å². The van der Waals surface area contributed by atoms with Gasteiger partial charge in [0.05, 0.1) is 11.2 Å². The number of aromatic nitrogens is 3. The first-order valence-corrected chi connectivity index (χ1v) is 8.17. The van der Waals surface area contributed by atoms with Gasteiger partial charge in [0.2, 0.25) is 10.0 Å². The van der Waals surface area contributed by atoms with E-state index in [1.54, 1.807) is 18.7 Å². The summed E-state index contributed by atoms with van der Waals surface area (Å²) in [6.07, 6.45) is 6.58. The van der Waals surface area contributed by atoms with E-state index in [1.165, 1.54) is 18.3 Å². The molecule has 0 saturated heterocycles. The van der Waals surface area contributed by atoms with Crippen molar-refractivity contribution in [1.29, 1.82) is 0 Å². The number of imidazole rings is 1. The molecule has 114 valence electrons. The molecule has 0 spiro atoms. The monoisotopic (exact) mass is 309 g/mol. The molecule has 0 fully saturated rings. The Balaban J connectivity index is 2.08. The third-order valence-electron chi connectivity index (χ3n) is 2.80. The van der Waals surface area contributed by atoms with Gasteiger partial charge in [0.1, 0.15) is 5.82 Å². The highest BCUT2D eigenvalue weighted by molar-refractivity contribution is 7.89. The number of hydrogen-bond acceptors (Lipinski definition) is 5. The summed E-state index contributed by atoms with van der Waals surface area (Å²) in [6.45, 7) is 4.93. The second kappa shape index (κ2) is 6.68. The van der Waals surface area contributed by atoms with Crippen molar-refractivity contribution in [2.75, 3.05) is 11.9 Å². The Bertz CT molecular complexity index is 670. The smallest absolute Gasteiger partial charge is 0.241 e. The molecule has 2 N–H and O–H groups in total. The second-order valence-corrected chi connectivity index (χ2v) is 6.40. The van der Waals surface area contributed by atoms with Crippen LogP contribution in [0.2, 0.25) is 0 Å². The van der Waals surface area contributed by atoms with Crippen LogP contribution in [0.4, 0.5) is 5.82 Å². The summed E-state index contributed by atoms with van der Waals surface area (Å²) in [6, 6.07) is 2.75. The predicted octanol–water partition coefficient (Wildman–Crippen LogP) is 1.08. The number of anilines is 1. The quantitative estimate of drug-likeness (QED) is 0.799. The van der Waals surface area contributed by atoms with Crippen LogP contribution >= 0.6 is 0 Å². The van der Waals surface area contributed by atoms with Crippen LogP contribution in [0, 0.1) is 0 Å². The Morgan fingerprint density at radius 1 is 1.38 bits per heavy atom. The first kappa shape index (κ1) is 15.5. The lowest BCUT2D eigenvalue weighted by molar-refractivity contribution is 0.520. The van der Waals surface area contributed by atoms with Gasteiger partial charge < -0.3 is 9.88 Å². The zero-order valence-corrected chi connectivity index (χ0v) is 12.8. The average Bonchev–Trinajstić information content (AvgIpc) is 2.91. The molecule has 2 heterocycles. The molecule has 0 aromatic carbocycles. The molecule has 0 saturated carbocycles. The van der Waals surface area contributed by atoms with Gasteiger partial charge in [-0.2, -0.15) is 0 Å². The van der Waals surface area contributed by atoms with E-state index >= 15 is 0 Å². The number of rotatable bonds is 7. The largest absolute Gasteiger partial charge is 0.370 e. The lowest BCUT2D eigenvalue weighted by Crippen LogP contribution is -2.35. The van der Waals surface area contributed by atoms with Crippen molar-refractivity contribution in [3.8, 4) is 0 Å². The van der Waals surface area contributed by atoms with Crippen molar-refractivity contribution in [1.82, 2.24) is 19.3 Å². The van der Waals surface area contributed by atoms with Gasteiger partial charge in [-0.3, -0.25) is 0 Å². The molecule has 0 amide bonds. The molecular formula is C13H19N5O2S. The highest BCUT2D eigenvalue weighted by atomic mass is 32.2. The van der Waals surface area contributed by atoms with Gasteiger partial charge in [-0.25, -0.2) is 23.1 Å². The zero-order chi connectivity index (χ0) is 15.3. The Morgan fingerprint density at radius 3 is 2.86 bits per heavy atom.